The van der Waals surface area contributed by atoms with E-state index in [1.807, 2.05) is 24.3 Å². The predicted molar refractivity (Wildman–Crippen MR) is 90.0 cm³/mol. The molecule has 1 N–H and O–H groups in total. The number of hydrazine groups is 1. The van der Waals surface area contributed by atoms with E-state index in [9.17, 15) is 9.70 Å². The Balaban J connectivity index is 1.53. The summed E-state index contributed by atoms with van der Waals surface area (Å²) in [6.07, 6.45) is 6.98. The van der Waals surface area contributed by atoms with Crippen molar-refractivity contribution in [3.8, 4) is 5.75 Å². The maximum atomic E-state index is 11.6. The number of nitroso groups, excluding NO2 is 1. The third-order valence-electron chi connectivity index (χ3n) is 4.71. The van der Waals surface area contributed by atoms with Crippen molar-refractivity contribution in [1.82, 2.24) is 5.43 Å². The Hall–Kier alpha value is -1.56. The molecule has 1 heterocycles. The van der Waals surface area contributed by atoms with Crippen LogP contribution >= 0.6 is 11.9 Å². The molecule has 1 saturated carbocycles. The molecule has 0 bridgehead atoms. The molecule has 2 aliphatic rings. The second-order valence-electron chi connectivity index (χ2n) is 6.84. The van der Waals surface area contributed by atoms with Gasteiger partial charge in [0.05, 0.1) is 11.5 Å². The van der Waals surface area contributed by atoms with Crippen LogP contribution in [0.4, 0.5) is 0 Å². The standard InChI is InChI=1S/C17H22N2O3S/c1-17(9-3-2-4-10-17)12-22-14-7-5-13(6-8-14)11-15-16(20)18-19(21)23-15/h5-8,15H,2-4,9-12H2,1H3/p+1. The number of carbonyl (C=O) groups excluding carboxylic acids is 1. The van der Waals surface area contributed by atoms with Crippen molar-refractivity contribution >= 4 is 17.9 Å². The molecule has 1 aromatic carbocycles. The minimum absolute atomic E-state index is 0.226. The van der Waals surface area contributed by atoms with Crippen LogP contribution in [0.2, 0.25) is 0 Å². The average molecular weight is 335 g/mol. The number of carbonyl (C=O) groups is 1. The summed E-state index contributed by atoms with van der Waals surface area (Å²) >= 11 is 0.987. The number of benzene rings is 1. The summed E-state index contributed by atoms with van der Waals surface area (Å²) in [5.41, 5.74) is 3.57. The molecule has 2 fully saturated rings. The zero-order valence-electron chi connectivity index (χ0n) is 13.4. The minimum Gasteiger partial charge on any atom is -0.493 e. The molecule has 124 valence electrons. The smallest absolute Gasteiger partial charge is 0.300 e. The SMILES string of the molecule is CC1(COc2ccc(CC3S[N+](=O)NC3=O)cc2)CCCCC1. The number of amides is 1. The van der Waals surface area contributed by atoms with Crippen LogP contribution in [0.25, 0.3) is 0 Å². The van der Waals surface area contributed by atoms with Crippen molar-refractivity contribution in [2.24, 2.45) is 5.41 Å². The van der Waals surface area contributed by atoms with Crippen molar-refractivity contribution in [1.29, 1.82) is 0 Å². The van der Waals surface area contributed by atoms with Gasteiger partial charge in [-0.2, -0.15) is 0 Å². The van der Waals surface area contributed by atoms with Crippen LogP contribution in [0.15, 0.2) is 24.3 Å². The molecule has 1 aliphatic carbocycles. The molecular weight excluding hydrogens is 312 g/mol. The van der Waals surface area contributed by atoms with Crippen LogP contribution < -0.4 is 10.2 Å². The molecular formula is C17H23N2O3S+. The third kappa shape index (κ3) is 4.25. The van der Waals surface area contributed by atoms with Gasteiger partial charge in [0.15, 0.2) is 5.25 Å². The Morgan fingerprint density at radius 1 is 1.26 bits per heavy atom. The maximum Gasteiger partial charge on any atom is 0.300 e. The first kappa shape index (κ1) is 16.3. The number of nitrogens with one attached hydrogen (secondary N) is 1. The van der Waals surface area contributed by atoms with Gasteiger partial charge < -0.3 is 4.74 Å². The Kier molecular flexibility index (Phi) is 4.90. The fourth-order valence-corrected chi connectivity index (χ4v) is 4.01. The molecule has 23 heavy (non-hydrogen) atoms. The molecule has 0 aromatic heterocycles. The second-order valence-corrected chi connectivity index (χ2v) is 7.95. The lowest BCUT2D eigenvalue weighted by atomic mass is 9.76. The first-order valence-electron chi connectivity index (χ1n) is 8.20. The third-order valence-corrected chi connectivity index (χ3v) is 5.63. The average Bonchev–Trinajstić information content (AvgIpc) is 2.85. The van der Waals surface area contributed by atoms with E-state index in [0.29, 0.717) is 16.1 Å². The van der Waals surface area contributed by atoms with Crippen LogP contribution in [0.3, 0.4) is 0 Å². The molecule has 1 aromatic rings. The summed E-state index contributed by atoms with van der Waals surface area (Å²) in [6.45, 7) is 3.07. The largest absolute Gasteiger partial charge is 0.493 e. The van der Waals surface area contributed by atoms with Gasteiger partial charge in [0.2, 0.25) is 4.27 Å². The van der Waals surface area contributed by atoms with Crippen molar-refractivity contribution in [2.75, 3.05) is 6.61 Å². The topological polar surface area (TPSA) is 58.4 Å². The van der Waals surface area contributed by atoms with Crippen molar-refractivity contribution < 1.29 is 13.8 Å². The second kappa shape index (κ2) is 6.91. The van der Waals surface area contributed by atoms with Crippen LogP contribution in [-0.2, 0) is 11.2 Å². The van der Waals surface area contributed by atoms with Crippen LogP contribution in [0.5, 0.6) is 5.75 Å². The lowest BCUT2D eigenvalue weighted by molar-refractivity contribution is -0.420. The summed E-state index contributed by atoms with van der Waals surface area (Å²) in [5.74, 6) is 0.644. The lowest BCUT2D eigenvalue weighted by Crippen LogP contribution is -2.27. The van der Waals surface area contributed by atoms with Gasteiger partial charge in [-0.1, -0.05) is 43.7 Å². The molecule has 0 radical (unpaired) electrons. The van der Waals surface area contributed by atoms with E-state index in [4.69, 9.17) is 4.74 Å². The molecule has 6 heteroatoms. The number of nitrogens with zero attached hydrogens (tertiary/aromatic N) is 1. The molecule has 0 spiro atoms. The number of rotatable bonds is 5. The van der Waals surface area contributed by atoms with E-state index in [1.165, 1.54) is 32.1 Å². The van der Waals surface area contributed by atoms with E-state index in [-0.39, 0.29) is 11.2 Å². The van der Waals surface area contributed by atoms with Crippen LogP contribution in [0.1, 0.15) is 44.6 Å². The first-order valence-corrected chi connectivity index (χ1v) is 9.04. The Labute approximate surface area is 140 Å². The van der Waals surface area contributed by atoms with Gasteiger partial charge >= 0.3 is 0 Å². The highest BCUT2D eigenvalue weighted by molar-refractivity contribution is 7.95. The molecule has 3 rings (SSSR count). The zero-order chi connectivity index (χ0) is 16.3. The van der Waals surface area contributed by atoms with Gasteiger partial charge in [-0.05, 0) is 37.0 Å². The summed E-state index contributed by atoms with van der Waals surface area (Å²) in [7, 11) is 0. The Morgan fingerprint density at radius 2 is 1.96 bits per heavy atom. The molecule has 1 atom stereocenters. The number of hydrogen-bond donors (Lipinski definition) is 1. The van der Waals surface area contributed by atoms with Gasteiger partial charge in [0.1, 0.15) is 5.75 Å². The Bertz CT molecular complexity index is 582. The number of hydrogen-bond acceptors (Lipinski definition) is 4. The maximum absolute atomic E-state index is 11.6. The Morgan fingerprint density at radius 3 is 2.57 bits per heavy atom. The highest BCUT2D eigenvalue weighted by Crippen LogP contribution is 2.36. The van der Waals surface area contributed by atoms with E-state index < -0.39 is 0 Å². The van der Waals surface area contributed by atoms with Crippen molar-refractivity contribution in [3.63, 3.8) is 0 Å². The monoisotopic (exact) mass is 335 g/mol. The van der Waals surface area contributed by atoms with E-state index >= 15 is 0 Å². The normalized spacial score (nSPS) is 23.6. The molecule has 1 unspecified atom stereocenters. The summed E-state index contributed by atoms with van der Waals surface area (Å²) in [5, 5.41) is -0.347. The summed E-state index contributed by atoms with van der Waals surface area (Å²) < 4.78 is 6.49. The van der Waals surface area contributed by atoms with Gasteiger partial charge in [-0.25, -0.2) is 0 Å². The van der Waals surface area contributed by atoms with Crippen molar-refractivity contribution in [3.05, 3.63) is 34.7 Å². The lowest BCUT2D eigenvalue weighted by Gasteiger charge is -2.33. The van der Waals surface area contributed by atoms with E-state index in [2.05, 4.69) is 12.3 Å². The van der Waals surface area contributed by atoms with Gasteiger partial charge in [-0.15, -0.1) is 0 Å². The number of ether oxygens (including phenoxy) is 1. The van der Waals surface area contributed by atoms with Gasteiger partial charge in [0.25, 0.3) is 17.9 Å². The first-order chi connectivity index (χ1) is 11.0. The summed E-state index contributed by atoms with van der Waals surface area (Å²) in [6, 6.07) is 7.85. The van der Waals surface area contributed by atoms with Crippen molar-refractivity contribution in [2.45, 2.75) is 50.7 Å². The highest BCUT2D eigenvalue weighted by Gasteiger charge is 2.40. The predicted octanol–water partition coefficient (Wildman–Crippen LogP) is 3.42. The summed E-state index contributed by atoms with van der Waals surface area (Å²) in [4.78, 5) is 22.7. The van der Waals surface area contributed by atoms with Crippen LogP contribution in [-0.4, -0.2) is 22.0 Å². The minimum atomic E-state index is -0.347. The highest BCUT2D eigenvalue weighted by atomic mass is 32.2. The van der Waals surface area contributed by atoms with E-state index in [1.54, 1.807) is 0 Å². The zero-order valence-corrected chi connectivity index (χ0v) is 14.2. The van der Waals surface area contributed by atoms with Crippen LogP contribution in [0, 0.1) is 10.3 Å². The van der Waals surface area contributed by atoms with E-state index in [0.717, 1.165) is 29.9 Å². The molecule has 5 nitrogen and oxygen atoms in total. The molecule has 1 saturated heterocycles. The fourth-order valence-electron chi connectivity index (χ4n) is 3.22. The quantitative estimate of drug-likeness (QED) is 0.662. The van der Waals surface area contributed by atoms with Gasteiger partial charge in [0, 0.05) is 5.41 Å². The van der Waals surface area contributed by atoms with Gasteiger partial charge in [-0.3, -0.25) is 4.79 Å². The molecule has 1 amide bonds. The molecule has 1 aliphatic heterocycles. The fraction of sp³-hybridized carbons (Fsp3) is 0.588.